The first-order chi connectivity index (χ1) is 24.3. The molecule has 0 aromatic carbocycles. The Kier molecular flexibility index (Phi) is 12.5. The number of hydrogen-bond acceptors (Lipinski definition) is 8. The van der Waals surface area contributed by atoms with Crippen LogP contribution in [0.2, 0.25) is 0 Å². The molecule has 2 heterocycles. The Morgan fingerprint density at radius 1 is 1.02 bits per heavy atom. The lowest BCUT2D eigenvalue weighted by Crippen LogP contribution is -2.63. The van der Waals surface area contributed by atoms with Crippen LogP contribution in [-0.4, -0.2) is 93.6 Å². The van der Waals surface area contributed by atoms with E-state index in [0.29, 0.717) is 12.8 Å². The lowest BCUT2D eigenvalue weighted by Gasteiger charge is -2.39. The summed E-state index contributed by atoms with van der Waals surface area (Å²) < 4.78 is 39.7. The zero-order chi connectivity index (χ0) is 38.6. The van der Waals surface area contributed by atoms with Gasteiger partial charge in [-0.05, 0) is 47.8 Å². The number of piperidine rings is 1. The fraction of sp³-hybridized carbons (Fsp3) is 0.667. The minimum atomic E-state index is -4.67. The van der Waals surface area contributed by atoms with Gasteiger partial charge in [-0.3, -0.25) is 33.8 Å². The molecule has 13 nitrogen and oxygen atoms in total. The normalized spacial score (nSPS) is 22.9. The number of ketones is 1. The summed E-state index contributed by atoms with van der Waals surface area (Å²) in [5.41, 5.74) is -1.27. The van der Waals surface area contributed by atoms with Crippen LogP contribution in [0.3, 0.4) is 0 Å². The third-order valence-electron chi connectivity index (χ3n) is 10.6. The van der Waals surface area contributed by atoms with Gasteiger partial charge in [0.05, 0.1) is 12.2 Å². The monoisotopic (exact) mass is 733 g/mol. The average molecular weight is 734 g/mol. The first-order valence-corrected chi connectivity index (χ1v) is 17.8. The van der Waals surface area contributed by atoms with E-state index in [-0.39, 0.29) is 36.5 Å². The van der Waals surface area contributed by atoms with Crippen LogP contribution in [0.4, 0.5) is 13.2 Å². The van der Waals surface area contributed by atoms with Gasteiger partial charge in [0.25, 0.3) is 11.8 Å². The van der Waals surface area contributed by atoms with Crippen molar-refractivity contribution in [2.75, 3.05) is 13.1 Å². The van der Waals surface area contributed by atoms with Gasteiger partial charge in [0.1, 0.15) is 23.8 Å². The van der Waals surface area contributed by atoms with Crippen LogP contribution < -0.4 is 21.3 Å². The number of nitrogens with one attached hydrogen (secondary N) is 4. The minimum Gasteiger partial charge on any atom is -0.346 e. The highest BCUT2D eigenvalue weighted by Crippen LogP contribution is 2.65. The van der Waals surface area contributed by atoms with Crippen molar-refractivity contribution in [3.05, 3.63) is 36.9 Å². The molecule has 0 radical (unpaired) electrons. The molecule has 5 amide bonds. The maximum Gasteiger partial charge on any atom is 0.389 e. The van der Waals surface area contributed by atoms with Gasteiger partial charge in [0, 0.05) is 31.9 Å². The average Bonchev–Trinajstić information content (AvgIpc) is 3.39. The smallest absolute Gasteiger partial charge is 0.346 e. The number of amides is 5. The van der Waals surface area contributed by atoms with E-state index < -0.39 is 89.3 Å². The molecule has 52 heavy (non-hydrogen) atoms. The van der Waals surface area contributed by atoms with E-state index >= 15 is 0 Å². The zero-order valence-corrected chi connectivity index (χ0v) is 30.3. The molecule has 2 saturated carbocycles. The van der Waals surface area contributed by atoms with Gasteiger partial charge >= 0.3 is 6.18 Å². The highest BCUT2D eigenvalue weighted by molar-refractivity contribution is 6.38. The molecule has 16 heteroatoms. The van der Waals surface area contributed by atoms with Crippen LogP contribution in [0.25, 0.3) is 0 Å². The number of halogens is 3. The number of carbonyl (C=O) groups is 6. The van der Waals surface area contributed by atoms with Crippen molar-refractivity contribution in [3.63, 3.8) is 0 Å². The number of nitrogens with zero attached hydrogens (tertiary/aromatic N) is 3. The molecule has 0 spiro atoms. The summed E-state index contributed by atoms with van der Waals surface area (Å²) in [6, 6.07) is -5.16. The van der Waals surface area contributed by atoms with E-state index in [9.17, 15) is 41.9 Å². The number of carbonyl (C=O) groups excluding carboxylic acids is 6. The summed E-state index contributed by atoms with van der Waals surface area (Å²) in [7, 11) is 0. The lowest BCUT2D eigenvalue weighted by atomic mass is 9.82. The third-order valence-corrected chi connectivity index (χ3v) is 10.6. The summed E-state index contributed by atoms with van der Waals surface area (Å²) in [5, 5.41) is 10.3. The van der Waals surface area contributed by atoms with Gasteiger partial charge in [0.2, 0.25) is 23.5 Å². The molecule has 4 rings (SSSR count). The Hall–Kier alpha value is -4.37. The Morgan fingerprint density at radius 2 is 1.69 bits per heavy atom. The SMILES string of the molecule is C=CCNC(=O)C(=O)C(CCC(F)(F)F)NC(=O)C1C2C(CN1C(=O)C(NC(=O)C(NC(=O)c1cnccn1)C1CCCCC1)C(C)(C)C)C2(C)C. The van der Waals surface area contributed by atoms with Crippen LogP contribution in [-0.2, 0) is 24.0 Å². The molecule has 3 fully saturated rings. The molecule has 4 N–H and O–H groups in total. The van der Waals surface area contributed by atoms with Gasteiger partial charge in [-0.15, -0.1) is 6.58 Å². The maximum atomic E-state index is 14.5. The molecule has 1 saturated heterocycles. The number of aromatic nitrogens is 2. The van der Waals surface area contributed by atoms with E-state index in [0.717, 1.165) is 19.3 Å². The standard InChI is InChI=1S/C36H50F3N7O6/c1-7-15-42-32(51)27(47)22(13-14-36(37,38)39)43-31(50)26-24-21(35(24,5)6)19-46(26)33(52)28(34(2,3)4)45-30(49)25(20-11-9-8-10-12-20)44-29(48)23-18-40-16-17-41-23/h7,16-18,20-22,24-26,28H,1,8-15,19H2,2-6H3,(H,42,51)(H,43,50)(H,44,48)(H,45,49). The summed E-state index contributed by atoms with van der Waals surface area (Å²) in [6.07, 6.45) is 2.46. The number of alkyl halides is 3. The summed E-state index contributed by atoms with van der Waals surface area (Å²) in [5.74, 6) is -5.78. The van der Waals surface area contributed by atoms with Gasteiger partial charge in [0.15, 0.2) is 0 Å². The van der Waals surface area contributed by atoms with E-state index in [2.05, 4.69) is 37.8 Å². The second-order valence-electron chi connectivity index (χ2n) is 15.7. The predicted molar refractivity (Wildman–Crippen MR) is 183 cm³/mol. The molecule has 0 bridgehead atoms. The Labute approximate surface area is 301 Å². The van der Waals surface area contributed by atoms with Crippen LogP contribution in [0.5, 0.6) is 0 Å². The molecule has 6 atom stereocenters. The molecule has 1 aliphatic heterocycles. The van der Waals surface area contributed by atoms with Gasteiger partial charge in [-0.2, -0.15) is 13.2 Å². The lowest BCUT2D eigenvalue weighted by molar-refractivity contribution is -0.148. The van der Waals surface area contributed by atoms with Crippen molar-refractivity contribution in [1.82, 2.24) is 36.1 Å². The summed E-state index contributed by atoms with van der Waals surface area (Å²) in [6.45, 7) is 12.5. The highest BCUT2D eigenvalue weighted by Gasteiger charge is 2.70. The highest BCUT2D eigenvalue weighted by atomic mass is 19.4. The molecule has 1 aromatic rings. The first kappa shape index (κ1) is 40.4. The molecule has 1 aromatic heterocycles. The first-order valence-electron chi connectivity index (χ1n) is 17.8. The van der Waals surface area contributed by atoms with Gasteiger partial charge in [-0.1, -0.05) is 60.0 Å². The number of likely N-dealkylation sites (tertiary alicyclic amines) is 1. The molecule has 3 aliphatic rings. The van der Waals surface area contributed by atoms with Crippen molar-refractivity contribution in [3.8, 4) is 0 Å². The Bertz CT molecular complexity index is 1520. The quantitative estimate of drug-likeness (QED) is 0.167. The molecule has 286 valence electrons. The number of Topliss-reactive ketones (excluding diaryl/α,β-unsaturated/α-hetero) is 1. The number of hydrogen-bond donors (Lipinski definition) is 4. The molecular weight excluding hydrogens is 683 g/mol. The summed E-state index contributed by atoms with van der Waals surface area (Å²) >= 11 is 0. The molecule has 6 unspecified atom stereocenters. The second-order valence-corrected chi connectivity index (χ2v) is 15.7. The second kappa shape index (κ2) is 16.1. The van der Waals surface area contributed by atoms with Crippen LogP contribution in [0, 0.1) is 28.6 Å². The van der Waals surface area contributed by atoms with Crippen LogP contribution in [0.15, 0.2) is 31.2 Å². The zero-order valence-electron chi connectivity index (χ0n) is 30.3. The third kappa shape index (κ3) is 9.54. The van der Waals surface area contributed by atoms with E-state index in [4.69, 9.17) is 0 Å². The molecular formula is C36H50F3N7O6. The number of fused-ring (bicyclic) bond motifs is 1. The Morgan fingerprint density at radius 3 is 2.27 bits per heavy atom. The Balaban J connectivity index is 1.59. The van der Waals surface area contributed by atoms with Crippen molar-refractivity contribution >= 4 is 35.3 Å². The van der Waals surface area contributed by atoms with E-state index in [1.165, 1.54) is 29.6 Å². The minimum absolute atomic E-state index is 0.0255. The van der Waals surface area contributed by atoms with Crippen LogP contribution in [0.1, 0.15) is 90.1 Å². The van der Waals surface area contributed by atoms with Gasteiger partial charge in [-0.25, -0.2) is 4.98 Å². The largest absolute Gasteiger partial charge is 0.389 e. The number of rotatable bonds is 14. The fourth-order valence-corrected chi connectivity index (χ4v) is 7.60. The van der Waals surface area contributed by atoms with E-state index in [1.807, 2.05) is 13.8 Å². The van der Waals surface area contributed by atoms with Crippen molar-refractivity contribution in [2.24, 2.45) is 28.6 Å². The fourth-order valence-electron chi connectivity index (χ4n) is 7.60. The topological polar surface area (TPSA) is 180 Å². The van der Waals surface area contributed by atoms with Crippen LogP contribution >= 0.6 is 0 Å². The summed E-state index contributed by atoms with van der Waals surface area (Å²) in [4.78, 5) is 90.5. The van der Waals surface area contributed by atoms with Crippen molar-refractivity contribution in [2.45, 2.75) is 110 Å². The van der Waals surface area contributed by atoms with Crippen molar-refractivity contribution in [1.29, 1.82) is 0 Å². The maximum absolute atomic E-state index is 14.5. The van der Waals surface area contributed by atoms with E-state index in [1.54, 1.807) is 20.8 Å². The molecule has 2 aliphatic carbocycles. The van der Waals surface area contributed by atoms with Gasteiger partial charge < -0.3 is 26.2 Å². The van der Waals surface area contributed by atoms with Crippen molar-refractivity contribution < 1.29 is 41.9 Å². The predicted octanol–water partition coefficient (Wildman–Crippen LogP) is 2.87.